The standard InChI is InChI=1S/C11H20O2/c12-7-1-2-8-3-4-9-5-6-10(13)11(8)9/h8-13H,1-7H2. The summed E-state index contributed by atoms with van der Waals surface area (Å²) in [6.07, 6.45) is 6.86. The molecule has 2 aliphatic rings. The number of hydrogen-bond acceptors (Lipinski definition) is 2. The monoisotopic (exact) mass is 184 g/mol. The summed E-state index contributed by atoms with van der Waals surface area (Å²) in [5, 5.41) is 18.6. The molecule has 2 saturated carbocycles. The van der Waals surface area contributed by atoms with Crippen LogP contribution in [0.2, 0.25) is 0 Å². The average Bonchev–Trinajstić information content (AvgIpc) is 2.67. The van der Waals surface area contributed by atoms with Gasteiger partial charge in [0.2, 0.25) is 0 Å². The lowest BCUT2D eigenvalue weighted by molar-refractivity contribution is 0.0941. The number of aliphatic hydroxyl groups is 2. The first kappa shape index (κ1) is 9.47. The lowest BCUT2D eigenvalue weighted by atomic mass is 9.87. The average molecular weight is 184 g/mol. The van der Waals surface area contributed by atoms with Gasteiger partial charge in [-0.15, -0.1) is 0 Å². The highest BCUT2D eigenvalue weighted by atomic mass is 16.3. The maximum absolute atomic E-state index is 9.81. The minimum Gasteiger partial charge on any atom is -0.396 e. The summed E-state index contributed by atoms with van der Waals surface area (Å²) in [4.78, 5) is 0. The van der Waals surface area contributed by atoms with Crippen molar-refractivity contribution in [3.05, 3.63) is 0 Å². The maximum Gasteiger partial charge on any atom is 0.0573 e. The van der Waals surface area contributed by atoms with Crippen molar-refractivity contribution < 1.29 is 10.2 Å². The molecule has 0 aromatic rings. The Kier molecular flexibility index (Phi) is 2.89. The number of aliphatic hydroxyl groups excluding tert-OH is 2. The third kappa shape index (κ3) is 1.75. The normalized spacial score (nSPS) is 43.8. The van der Waals surface area contributed by atoms with E-state index in [9.17, 15) is 5.11 Å². The van der Waals surface area contributed by atoms with Crippen molar-refractivity contribution >= 4 is 0 Å². The minimum atomic E-state index is -0.0313. The van der Waals surface area contributed by atoms with Gasteiger partial charge in [-0.05, 0) is 56.3 Å². The van der Waals surface area contributed by atoms with Crippen molar-refractivity contribution in [2.75, 3.05) is 6.61 Å². The number of hydrogen-bond donors (Lipinski definition) is 2. The van der Waals surface area contributed by atoms with Gasteiger partial charge in [0.1, 0.15) is 0 Å². The van der Waals surface area contributed by atoms with Crippen LogP contribution in [0, 0.1) is 17.8 Å². The van der Waals surface area contributed by atoms with Crippen molar-refractivity contribution in [3.63, 3.8) is 0 Å². The Labute approximate surface area is 80.0 Å². The second kappa shape index (κ2) is 3.97. The van der Waals surface area contributed by atoms with E-state index < -0.39 is 0 Å². The van der Waals surface area contributed by atoms with Crippen molar-refractivity contribution in [1.29, 1.82) is 0 Å². The van der Waals surface area contributed by atoms with Gasteiger partial charge in [0.15, 0.2) is 0 Å². The lowest BCUT2D eigenvalue weighted by Gasteiger charge is -2.21. The molecule has 2 nitrogen and oxygen atoms in total. The van der Waals surface area contributed by atoms with E-state index >= 15 is 0 Å². The SMILES string of the molecule is OCCCC1CCC2CCC(O)C12. The van der Waals surface area contributed by atoms with E-state index in [1.165, 1.54) is 19.3 Å². The van der Waals surface area contributed by atoms with Gasteiger partial charge in [-0.1, -0.05) is 0 Å². The first-order valence-electron chi connectivity index (χ1n) is 5.62. The van der Waals surface area contributed by atoms with Gasteiger partial charge in [-0.3, -0.25) is 0 Å². The van der Waals surface area contributed by atoms with Crippen molar-refractivity contribution in [3.8, 4) is 0 Å². The molecule has 0 heterocycles. The Morgan fingerprint density at radius 2 is 1.85 bits per heavy atom. The Balaban J connectivity index is 1.90. The fourth-order valence-corrected chi connectivity index (χ4v) is 3.43. The van der Waals surface area contributed by atoms with Crippen molar-refractivity contribution in [2.24, 2.45) is 17.8 Å². The van der Waals surface area contributed by atoms with E-state index in [2.05, 4.69) is 0 Å². The Hall–Kier alpha value is -0.0800. The zero-order valence-corrected chi connectivity index (χ0v) is 8.15. The van der Waals surface area contributed by atoms with Crippen LogP contribution in [0.4, 0.5) is 0 Å². The molecule has 2 heteroatoms. The van der Waals surface area contributed by atoms with E-state index in [4.69, 9.17) is 5.11 Å². The summed E-state index contributed by atoms with van der Waals surface area (Å²) in [5.41, 5.74) is 0. The topological polar surface area (TPSA) is 40.5 Å². The van der Waals surface area contributed by atoms with E-state index in [0.29, 0.717) is 18.4 Å². The van der Waals surface area contributed by atoms with Crippen LogP contribution in [0.25, 0.3) is 0 Å². The fourth-order valence-electron chi connectivity index (χ4n) is 3.43. The molecule has 0 aliphatic heterocycles. The van der Waals surface area contributed by atoms with Crippen LogP contribution in [0.15, 0.2) is 0 Å². The van der Waals surface area contributed by atoms with Crippen LogP contribution in [-0.2, 0) is 0 Å². The molecule has 0 bridgehead atoms. The van der Waals surface area contributed by atoms with Crippen molar-refractivity contribution in [1.82, 2.24) is 0 Å². The third-order valence-electron chi connectivity index (χ3n) is 4.01. The van der Waals surface area contributed by atoms with Crippen LogP contribution < -0.4 is 0 Å². The molecule has 0 amide bonds. The van der Waals surface area contributed by atoms with Gasteiger partial charge in [0.25, 0.3) is 0 Å². The summed E-state index contributed by atoms with van der Waals surface area (Å²) in [6, 6.07) is 0. The molecule has 13 heavy (non-hydrogen) atoms. The molecule has 0 radical (unpaired) electrons. The van der Waals surface area contributed by atoms with Gasteiger partial charge < -0.3 is 10.2 Å². The number of rotatable bonds is 3. The second-order valence-electron chi connectivity index (χ2n) is 4.69. The Morgan fingerprint density at radius 3 is 2.62 bits per heavy atom. The molecule has 0 saturated heterocycles. The van der Waals surface area contributed by atoms with E-state index in [-0.39, 0.29) is 6.10 Å². The van der Waals surface area contributed by atoms with Gasteiger partial charge >= 0.3 is 0 Å². The van der Waals surface area contributed by atoms with Crippen LogP contribution in [0.1, 0.15) is 38.5 Å². The first-order valence-corrected chi connectivity index (χ1v) is 5.62. The van der Waals surface area contributed by atoms with E-state index in [1.54, 1.807) is 0 Å². The van der Waals surface area contributed by atoms with Gasteiger partial charge in [0, 0.05) is 6.61 Å². The van der Waals surface area contributed by atoms with Gasteiger partial charge in [-0.2, -0.15) is 0 Å². The van der Waals surface area contributed by atoms with E-state index in [0.717, 1.165) is 25.2 Å². The highest BCUT2D eigenvalue weighted by Crippen LogP contribution is 2.49. The maximum atomic E-state index is 9.81. The largest absolute Gasteiger partial charge is 0.396 e. The minimum absolute atomic E-state index is 0.0313. The van der Waals surface area contributed by atoms with Gasteiger partial charge in [-0.25, -0.2) is 0 Å². The highest BCUT2D eigenvalue weighted by molar-refractivity contribution is 4.94. The summed E-state index contributed by atoms with van der Waals surface area (Å²) < 4.78 is 0. The van der Waals surface area contributed by atoms with E-state index in [1.807, 2.05) is 0 Å². The molecule has 0 aromatic heterocycles. The highest BCUT2D eigenvalue weighted by Gasteiger charge is 2.43. The molecular weight excluding hydrogens is 164 g/mol. The predicted octanol–water partition coefficient (Wildman–Crippen LogP) is 1.56. The molecule has 0 spiro atoms. The zero-order valence-electron chi connectivity index (χ0n) is 8.15. The summed E-state index contributed by atoms with van der Waals surface area (Å²) in [7, 11) is 0. The molecule has 76 valence electrons. The summed E-state index contributed by atoms with van der Waals surface area (Å²) >= 11 is 0. The predicted molar refractivity (Wildman–Crippen MR) is 51.3 cm³/mol. The Morgan fingerprint density at radius 1 is 1.08 bits per heavy atom. The quantitative estimate of drug-likeness (QED) is 0.698. The number of fused-ring (bicyclic) bond motifs is 1. The van der Waals surface area contributed by atoms with Gasteiger partial charge in [0.05, 0.1) is 6.10 Å². The molecule has 0 aromatic carbocycles. The molecule has 2 N–H and O–H groups in total. The molecule has 2 rings (SSSR count). The molecule has 4 unspecified atom stereocenters. The summed E-state index contributed by atoms with van der Waals surface area (Å²) in [5.74, 6) is 2.08. The lowest BCUT2D eigenvalue weighted by Crippen LogP contribution is -2.22. The molecule has 2 fully saturated rings. The zero-order chi connectivity index (χ0) is 9.26. The Bertz CT molecular complexity index is 169. The fraction of sp³-hybridized carbons (Fsp3) is 1.00. The molecule has 4 atom stereocenters. The first-order chi connectivity index (χ1) is 6.33. The third-order valence-corrected chi connectivity index (χ3v) is 4.01. The second-order valence-corrected chi connectivity index (χ2v) is 4.69. The smallest absolute Gasteiger partial charge is 0.0573 e. The van der Waals surface area contributed by atoms with Crippen LogP contribution in [0.5, 0.6) is 0 Å². The molecule has 2 aliphatic carbocycles. The summed E-state index contributed by atoms with van der Waals surface area (Å²) in [6.45, 7) is 0.310. The van der Waals surface area contributed by atoms with Crippen LogP contribution >= 0.6 is 0 Å². The molecular formula is C11H20O2. The van der Waals surface area contributed by atoms with Crippen molar-refractivity contribution in [2.45, 2.75) is 44.6 Å². The van der Waals surface area contributed by atoms with Crippen LogP contribution in [0.3, 0.4) is 0 Å². The van der Waals surface area contributed by atoms with Crippen LogP contribution in [-0.4, -0.2) is 22.9 Å².